The Bertz CT molecular complexity index is 134. The van der Waals surface area contributed by atoms with Crippen LogP contribution >= 0.6 is 0 Å². The van der Waals surface area contributed by atoms with Crippen molar-refractivity contribution in [2.45, 2.75) is 19.3 Å². The molecule has 1 N–H and O–H groups in total. The molecule has 5 heteroatoms. The average Bonchev–Trinajstić information content (AvgIpc) is 2.16. The van der Waals surface area contributed by atoms with Crippen molar-refractivity contribution in [3.05, 3.63) is 0 Å². The van der Waals surface area contributed by atoms with E-state index in [9.17, 15) is 8.78 Å². The Balaban J connectivity index is 3.13. The van der Waals surface area contributed by atoms with E-state index in [1.807, 2.05) is 0 Å². The number of nitrogens with one attached hydrogen (secondary N) is 1. The third-order valence-corrected chi connectivity index (χ3v) is 1.76. The summed E-state index contributed by atoms with van der Waals surface area (Å²) in [5.74, 6) is -2.60. The lowest BCUT2D eigenvalue weighted by Crippen LogP contribution is -2.34. The van der Waals surface area contributed by atoms with Gasteiger partial charge in [0.15, 0.2) is 0 Å². The minimum atomic E-state index is -2.60. The van der Waals surface area contributed by atoms with Crippen LogP contribution in [0, 0.1) is 0 Å². The minimum Gasteiger partial charge on any atom is -0.382 e. The maximum atomic E-state index is 12.7. The first-order valence-electron chi connectivity index (χ1n) is 4.77. The van der Waals surface area contributed by atoms with Gasteiger partial charge < -0.3 is 14.8 Å². The van der Waals surface area contributed by atoms with Crippen LogP contribution in [0.25, 0.3) is 0 Å². The predicted octanol–water partition coefficient (Wildman–Crippen LogP) is 1.28. The van der Waals surface area contributed by atoms with Crippen molar-refractivity contribution in [3.63, 3.8) is 0 Å². The molecule has 14 heavy (non-hydrogen) atoms. The van der Waals surface area contributed by atoms with Crippen LogP contribution in [-0.2, 0) is 9.47 Å². The molecule has 0 saturated carbocycles. The van der Waals surface area contributed by atoms with Crippen molar-refractivity contribution in [2.75, 3.05) is 40.0 Å². The summed E-state index contributed by atoms with van der Waals surface area (Å²) >= 11 is 0. The lowest BCUT2D eigenvalue weighted by molar-refractivity contribution is -0.00383. The van der Waals surface area contributed by atoms with Gasteiger partial charge in [-0.1, -0.05) is 6.92 Å². The molecular formula is C9H19F2NO2. The molecule has 0 aliphatic heterocycles. The first-order chi connectivity index (χ1) is 6.62. The van der Waals surface area contributed by atoms with Gasteiger partial charge >= 0.3 is 0 Å². The highest BCUT2D eigenvalue weighted by atomic mass is 19.3. The molecule has 0 aromatic carbocycles. The summed E-state index contributed by atoms with van der Waals surface area (Å²) in [5.41, 5.74) is 0. The van der Waals surface area contributed by atoms with Crippen molar-refractivity contribution < 1.29 is 18.3 Å². The van der Waals surface area contributed by atoms with Crippen LogP contribution in [-0.4, -0.2) is 45.9 Å². The molecule has 0 radical (unpaired) electrons. The Kier molecular flexibility index (Phi) is 7.93. The van der Waals surface area contributed by atoms with Crippen molar-refractivity contribution in [1.29, 1.82) is 0 Å². The number of halogens is 2. The molecule has 0 unspecified atom stereocenters. The summed E-state index contributed by atoms with van der Waals surface area (Å²) < 4.78 is 35.2. The summed E-state index contributed by atoms with van der Waals surface area (Å²) in [7, 11) is 1.59. The standard InChI is InChI=1S/C9H19F2NO2/c1-3-9(10,11)8-12-4-5-14-7-6-13-2/h12H,3-8H2,1-2H3. The van der Waals surface area contributed by atoms with E-state index in [-0.39, 0.29) is 13.0 Å². The van der Waals surface area contributed by atoms with Crippen LogP contribution in [0.5, 0.6) is 0 Å². The molecule has 0 aliphatic rings. The molecule has 0 aliphatic carbocycles. The molecule has 0 rings (SSSR count). The van der Waals surface area contributed by atoms with Gasteiger partial charge in [0.1, 0.15) is 0 Å². The van der Waals surface area contributed by atoms with Crippen molar-refractivity contribution in [1.82, 2.24) is 5.32 Å². The molecule has 0 saturated heterocycles. The molecule has 0 spiro atoms. The smallest absolute Gasteiger partial charge is 0.260 e. The van der Waals surface area contributed by atoms with Crippen LogP contribution in [0.15, 0.2) is 0 Å². The zero-order valence-electron chi connectivity index (χ0n) is 8.82. The van der Waals surface area contributed by atoms with Crippen LogP contribution < -0.4 is 5.32 Å². The zero-order valence-corrected chi connectivity index (χ0v) is 8.82. The summed E-state index contributed by atoms with van der Waals surface area (Å²) in [6.45, 7) is 3.10. The van der Waals surface area contributed by atoms with Gasteiger partial charge in [-0.25, -0.2) is 8.78 Å². The second kappa shape index (κ2) is 8.08. The molecule has 0 aromatic heterocycles. The molecular weight excluding hydrogens is 192 g/mol. The number of hydrogen-bond donors (Lipinski definition) is 1. The molecule has 86 valence electrons. The van der Waals surface area contributed by atoms with E-state index < -0.39 is 5.92 Å². The van der Waals surface area contributed by atoms with Gasteiger partial charge in [0, 0.05) is 20.1 Å². The molecule has 0 fully saturated rings. The van der Waals surface area contributed by atoms with Gasteiger partial charge in [-0.15, -0.1) is 0 Å². The third kappa shape index (κ3) is 8.34. The van der Waals surface area contributed by atoms with Crippen LogP contribution in [0.3, 0.4) is 0 Å². The first-order valence-corrected chi connectivity index (χ1v) is 4.77. The topological polar surface area (TPSA) is 30.5 Å². The zero-order chi connectivity index (χ0) is 10.9. The van der Waals surface area contributed by atoms with E-state index in [2.05, 4.69) is 5.32 Å². The lowest BCUT2D eigenvalue weighted by Gasteiger charge is -2.14. The molecule has 3 nitrogen and oxygen atoms in total. The summed E-state index contributed by atoms with van der Waals surface area (Å²) in [6.07, 6.45) is -0.134. The molecule has 0 aromatic rings. The monoisotopic (exact) mass is 211 g/mol. The number of rotatable bonds is 9. The Morgan fingerprint density at radius 2 is 1.93 bits per heavy atom. The molecule has 0 heterocycles. The van der Waals surface area contributed by atoms with Crippen LogP contribution in [0.2, 0.25) is 0 Å². The van der Waals surface area contributed by atoms with E-state index in [1.165, 1.54) is 6.92 Å². The minimum absolute atomic E-state index is 0.134. The fourth-order valence-corrected chi connectivity index (χ4v) is 0.785. The van der Waals surface area contributed by atoms with E-state index in [1.54, 1.807) is 7.11 Å². The number of alkyl halides is 2. The fraction of sp³-hybridized carbons (Fsp3) is 1.00. The highest BCUT2D eigenvalue weighted by molar-refractivity contribution is 4.66. The van der Waals surface area contributed by atoms with E-state index in [0.29, 0.717) is 26.4 Å². The first kappa shape index (κ1) is 13.7. The van der Waals surface area contributed by atoms with Crippen LogP contribution in [0.1, 0.15) is 13.3 Å². The molecule has 0 atom stereocenters. The molecule has 0 bridgehead atoms. The van der Waals surface area contributed by atoms with Gasteiger partial charge in [0.2, 0.25) is 0 Å². The summed E-state index contributed by atoms with van der Waals surface area (Å²) in [5, 5.41) is 2.64. The predicted molar refractivity (Wildman–Crippen MR) is 50.8 cm³/mol. The lowest BCUT2D eigenvalue weighted by atomic mass is 10.2. The fourth-order valence-electron chi connectivity index (χ4n) is 0.785. The third-order valence-electron chi connectivity index (χ3n) is 1.76. The normalized spacial score (nSPS) is 12.0. The van der Waals surface area contributed by atoms with E-state index in [4.69, 9.17) is 9.47 Å². The Morgan fingerprint density at radius 1 is 1.21 bits per heavy atom. The van der Waals surface area contributed by atoms with E-state index >= 15 is 0 Å². The average molecular weight is 211 g/mol. The Hall–Kier alpha value is -0.260. The highest BCUT2D eigenvalue weighted by Crippen LogP contribution is 2.15. The maximum absolute atomic E-state index is 12.7. The van der Waals surface area contributed by atoms with Gasteiger partial charge in [0.05, 0.1) is 26.4 Å². The second-order valence-electron chi connectivity index (χ2n) is 2.99. The maximum Gasteiger partial charge on any atom is 0.260 e. The largest absolute Gasteiger partial charge is 0.382 e. The van der Waals surface area contributed by atoms with Crippen molar-refractivity contribution in [2.24, 2.45) is 0 Å². The Morgan fingerprint density at radius 3 is 2.50 bits per heavy atom. The van der Waals surface area contributed by atoms with Gasteiger partial charge in [0.25, 0.3) is 5.92 Å². The summed E-state index contributed by atoms with van der Waals surface area (Å²) in [4.78, 5) is 0. The quantitative estimate of drug-likeness (QED) is 0.583. The number of hydrogen-bond acceptors (Lipinski definition) is 3. The van der Waals surface area contributed by atoms with Gasteiger partial charge in [-0.3, -0.25) is 0 Å². The van der Waals surface area contributed by atoms with Crippen molar-refractivity contribution in [3.8, 4) is 0 Å². The second-order valence-corrected chi connectivity index (χ2v) is 2.99. The van der Waals surface area contributed by atoms with Gasteiger partial charge in [-0.05, 0) is 0 Å². The molecule has 0 amide bonds. The number of methoxy groups -OCH3 is 1. The van der Waals surface area contributed by atoms with Crippen molar-refractivity contribution >= 4 is 0 Å². The van der Waals surface area contributed by atoms with Crippen LogP contribution in [0.4, 0.5) is 8.78 Å². The SMILES string of the molecule is CCC(F)(F)CNCCOCCOC. The summed E-state index contributed by atoms with van der Waals surface area (Å²) in [6, 6.07) is 0. The number of ether oxygens (including phenoxy) is 2. The van der Waals surface area contributed by atoms with E-state index in [0.717, 1.165) is 0 Å². The van der Waals surface area contributed by atoms with Gasteiger partial charge in [-0.2, -0.15) is 0 Å². The Labute approximate surface area is 83.8 Å². The highest BCUT2D eigenvalue weighted by Gasteiger charge is 2.24.